The zero-order chi connectivity index (χ0) is 14.7. The summed E-state index contributed by atoms with van der Waals surface area (Å²) in [5, 5.41) is 4.49. The van der Waals surface area contributed by atoms with Gasteiger partial charge in [-0.3, -0.25) is 9.67 Å². The lowest BCUT2D eigenvalue weighted by Crippen LogP contribution is -1.99. The third kappa shape index (κ3) is 2.76. The molecule has 0 aliphatic heterocycles. The first-order valence-electron chi connectivity index (χ1n) is 6.67. The molecule has 0 aliphatic carbocycles. The number of nitrogens with zero attached hydrogens (tertiary/aromatic N) is 3. The van der Waals surface area contributed by atoms with E-state index in [4.69, 9.17) is 5.73 Å². The SMILES string of the molecule is Nc1cccc(-c2nn(CCF)cc2-c2ccncc2)c1. The minimum atomic E-state index is -0.451. The lowest BCUT2D eigenvalue weighted by Gasteiger charge is -2.03. The zero-order valence-corrected chi connectivity index (χ0v) is 11.4. The van der Waals surface area contributed by atoms with Gasteiger partial charge in [0.15, 0.2) is 0 Å². The molecule has 4 nitrogen and oxygen atoms in total. The Morgan fingerprint density at radius 2 is 1.90 bits per heavy atom. The zero-order valence-electron chi connectivity index (χ0n) is 11.4. The summed E-state index contributed by atoms with van der Waals surface area (Å²) in [4.78, 5) is 4.02. The number of halogens is 1. The second-order valence-corrected chi connectivity index (χ2v) is 4.70. The minimum Gasteiger partial charge on any atom is -0.399 e. The lowest BCUT2D eigenvalue weighted by molar-refractivity contribution is 0.427. The van der Waals surface area contributed by atoms with Crippen LogP contribution in [0.5, 0.6) is 0 Å². The quantitative estimate of drug-likeness (QED) is 0.748. The van der Waals surface area contributed by atoms with Crippen LogP contribution in [-0.4, -0.2) is 21.4 Å². The number of anilines is 1. The third-order valence-electron chi connectivity index (χ3n) is 3.23. The molecule has 0 unspecified atom stereocenters. The first-order chi connectivity index (χ1) is 10.3. The van der Waals surface area contributed by atoms with Crippen molar-refractivity contribution in [1.29, 1.82) is 0 Å². The number of aromatic nitrogens is 3. The predicted molar refractivity (Wildman–Crippen MR) is 81.3 cm³/mol. The number of pyridine rings is 1. The van der Waals surface area contributed by atoms with E-state index in [-0.39, 0.29) is 6.54 Å². The van der Waals surface area contributed by atoms with Crippen molar-refractivity contribution in [1.82, 2.24) is 14.8 Å². The molecule has 0 saturated heterocycles. The molecule has 0 spiro atoms. The lowest BCUT2D eigenvalue weighted by atomic mass is 10.0. The highest BCUT2D eigenvalue weighted by Crippen LogP contribution is 2.31. The molecule has 0 aliphatic rings. The van der Waals surface area contributed by atoms with Crippen molar-refractivity contribution in [2.45, 2.75) is 6.54 Å². The second kappa shape index (κ2) is 5.75. The molecule has 0 fully saturated rings. The van der Waals surface area contributed by atoms with Gasteiger partial charge in [0, 0.05) is 35.4 Å². The fourth-order valence-electron chi connectivity index (χ4n) is 2.26. The summed E-state index contributed by atoms with van der Waals surface area (Å²) >= 11 is 0. The van der Waals surface area contributed by atoms with Gasteiger partial charge in [0.1, 0.15) is 12.4 Å². The molecule has 2 heterocycles. The van der Waals surface area contributed by atoms with Gasteiger partial charge < -0.3 is 5.73 Å². The van der Waals surface area contributed by atoms with E-state index in [2.05, 4.69) is 10.1 Å². The predicted octanol–water partition coefficient (Wildman–Crippen LogP) is 3.16. The summed E-state index contributed by atoms with van der Waals surface area (Å²) in [5.74, 6) is 0. The average molecular weight is 282 g/mol. The van der Waals surface area contributed by atoms with E-state index in [1.807, 2.05) is 42.6 Å². The molecule has 2 N–H and O–H groups in total. The van der Waals surface area contributed by atoms with Crippen LogP contribution in [0.2, 0.25) is 0 Å². The molecule has 0 saturated carbocycles. The van der Waals surface area contributed by atoms with Gasteiger partial charge in [0.2, 0.25) is 0 Å². The van der Waals surface area contributed by atoms with Crippen molar-refractivity contribution in [3.05, 3.63) is 55.0 Å². The highest BCUT2D eigenvalue weighted by molar-refractivity contribution is 5.81. The molecule has 0 bridgehead atoms. The Labute approximate surface area is 122 Å². The van der Waals surface area contributed by atoms with Gasteiger partial charge in [-0.2, -0.15) is 5.10 Å². The largest absolute Gasteiger partial charge is 0.399 e. The van der Waals surface area contributed by atoms with Crippen LogP contribution in [0.25, 0.3) is 22.4 Å². The van der Waals surface area contributed by atoms with E-state index in [1.54, 1.807) is 17.1 Å². The summed E-state index contributed by atoms with van der Waals surface area (Å²) in [6.07, 6.45) is 5.31. The number of hydrogen-bond donors (Lipinski definition) is 1. The molecule has 3 aromatic rings. The van der Waals surface area contributed by atoms with Crippen LogP contribution in [0.1, 0.15) is 0 Å². The molecule has 1 aromatic carbocycles. The van der Waals surface area contributed by atoms with Gasteiger partial charge in [-0.05, 0) is 29.8 Å². The first kappa shape index (κ1) is 13.3. The Balaban J connectivity index is 2.14. The topological polar surface area (TPSA) is 56.7 Å². The molecule has 0 radical (unpaired) electrons. The second-order valence-electron chi connectivity index (χ2n) is 4.70. The fourth-order valence-corrected chi connectivity index (χ4v) is 2.26. The van der Waals surface area contributed by atoms with Crippen molar-refractivity contribution >= 4 is 5.69 Å². The number of benzene rings is 1. The van der Waals surface area contributed by atoms with Gasteiger partial charge in [-0.1, -0.05) is 12.1 Å². The molecule has 2 aromatic heterocycles. The van der Waals surface area contributed by atoms with Crippen molar-refractivity contribution in [3.8, 4) is 22.4 Å². The summed E-state index contributed by atoms with van der Waals surface area (Å²) in [5.41, 5.74) is 10.2. The molecule has 0 atom stereocenters. The number of rotatable bonds is 4. The number of hydrogen-bond acceptors (Lipinski definition) is 3. The highest BCUT2D eigenvalue weighted by Gasteiger charge is 2.13. The summed E-state index contributed by atoms with van der Waals surface area (Å²) in [7, 11) is 0. The van der Waals surface area contributed by atoms with E-state index < -0.39 is 6.67 Å². The Morgan fingerprint density at radius 1 is 1.10 bits per heavy atom. The fraction of sp³-hybridized carbons (Fsp3) is 0.125. The van der Waals surface area contributed by atoms with Crippen LogP contribution >= 0.6 is 0 Å². The Bertz CT molecular complexity index is 737. The molecule has 106 valence electrons. The molecular weight excluding hydrogens is 267 g/mol. The standard InChI is InChI=1S/C16H15FN4/c17-6-9-21-11-15(12-4-7-19-8-5-12)16(20-21)13-2-1-3-14(18)10-13/h1-5,7-8,10-11H,6,9,18H2. The molecule has 5 heteroatoms. The van der Waals surface area contributed by atoms with Crippen molar-refractivity contribution in [3.63, 3.8) is 0 Å². The van der Waals surface area contributed by atoms with Crippen LogP contribution in [0.3, 0.4) is 0 Å². The summed E-state index contributed by atoms with van der Waals surface area (Å²) < 4.78 is 14.2. The van der Waals surface area contributed by atoms with E-state index in [0.717, 1.165) is 22.4 Å². The number of aryl methyl sites for hydroxylation is 1. The molecule has 21 heavy (non-hydrogen) atoms. The van der Waals surface area contributed by atoms with Crippen molar-refractivity contribution in [2.24, 2.45) is 0 Å². The maximum Gasteiger partial charge on any atom is 0.109 e. The number of alkyl halides is 1. The monoisotopic (exact) mass is 282 g/mol. The molecular formula is C16H15FN4. The van der Waals surface area contributed by atoms with Crippen LogP contribution in [0.4, 0.5) is 10.1 Å². The maximum absolute atomic E-state index is 12.6. The van der Waals surface area contributed by atoms with E-state index >= 15 is 0 Å². The smallest absolute Gasteiger partial charge is 0.109 e. The third-order valence-corrected chi connectivity index (χ3v) is 3.23. The summed E-state index contributed by atoms with van der Waals surface area (Å²) in [6, 6.07) is 11.3. The molecule has 3 rings (SSSR count). The first-order valence-corrected chi connectivity index (χ1v) is 6.67. The number of nitrogen functional groups attached to an aromatic ring is 1. The van der Waals surface area contributed by atoms with E-state index in [1.165, 1.54) is 0 Å². The normalized spacial score (nSPS) is 10.7. The Kier molecular flexibility index (Phi) is 3.64. The number of nitrogens with two attached hydrogens (primary N) is 1. The van der Waals surface area contributed by atoms with Crippen LogP contribution in [0.15, 0.2) is 55.0 Å². The summed E-state index contributed by atoms with van der Waals surface area (Å²) in [6.45, 7) is -0.214. The van der Waals surface area contributed by atoms with E-state index in [0.29, 0.717) is 5.69 Å². The van der Waals surface area contributed by atoms with Crippen molar-refractivity contribution < 1.29 is 4.39 Å². The Morgan fingerprint density at radius 3 is 2.62 bits per heavy atom. The minimum absolute atomic E-state index is 0.237. The van der Waals surface area contributed by atoms with Crippen LogP contribution < -0.4 is 5.73 Å². The Hall–Kier alpha value is -2.69. The van der Waals surface area contributed by atoms with E-state index in [9.17, 15) is 4.39 Å². The van der Waals surface area contributed by atoms with Crippen molar-refractivity contribution in [2.75, 3.05) is 12.4 Å². The molecule has 0 amide bonds. The average Bonchev–Trinajstić information content (AvgIpc) is 2.93. The van der Waals surface area contributed by atoms with Crippen LogP contribution in [0, 0.1) is 0 Å². The van der Waals surface area contributed by atoms with Gasteiger partial charge in [-0.15, -0.1) is 0 Å². The van der Waals surface area contributed by atoms with Gasteiger partial charge >= 0.3 is 0 Å². The van der Waals surface area contributed by atoms with Gasteiger partial charge in [0.25, 0.3) is 0 Å². The highest BCUT2D eigenvalue weighted by atomic mass is 19.1. The van der Waals surface area contributed by atoms with Crippen LogP contribution in [-0.2, 0) is 6.54 Å². The van der Waals surface area contributed by atoms with Gasteiger partial charge in [-0.25, -0.2) is 4.39 Å². The van der Waals surface area contributed by atoms with Gasteiger partial charge in [0.05, 0.1) is 6.54 Å². The maximum atomic E-state index is 12.6.